The molecule has 20 nitrogen and oxygen atoms in total. The molecule has 20 heteroatoms. The van der Waals surface area contributed by atoms with Crippen molar-refractivity contribution in [3.05, 3.63) is 138 Å². The monoisotopic (exact) mass is 956 g/mol. The molecule has 0 unspecified atom stereocenters. The number of benzene rings is 4. The summed E-state index contributed by atoms with van der Waals surface area (Å²) in [5, 5.41) is 83.7. The number of carbonyl (C=O) groups excluding carboxylic acids is 4. The van der Waals surface area contributed by atoms with E-state index in [0.29, 0.717) is 22.3 Å². The van der Waals surface area contributed by atoms with Crippen molar-refractivity contribution >= 4 is 48.2 Å². The van der Waals surface area contributed by atoms with Crippen LogP contribution in [0.2, 0.25) is 0 Å². The van der Waals surface area contributed by atoms with Crippen molar-refractivity contribution in [3.63, 3.8) is 0 Å². The molecular weight excluding hydrogens is 909 g/mol. The number of hydrogen-bond acceptors (Lipinski definition) is 20. The van der Waals surface area contributed by atoms with Gasteiger partial charge in [0.2, 0.25) is 5.79 Å². The average Bonchev–Trinajstić information content (AvgIpc) is 3.59. The second-order valence-corrected chi connectivity index (χ2v) is 15.4. The fourth-order valence-electron chi connectivity index (χ4n) is 6.75. The summed E-state index contributed by atoms with van der Waals surface area (Å²) in [6.45, 7) is -2.57. The highest BCUT2D eigenvalue weighted by atomic mass is 16.8. The molecule has 8 N–H and O–H groups in total. The molecule has 2 fully saturated rings. The van der Waals surface area contributed by atoms with E-state index in [1.165, 1.54) is 122 Å². The number of rotatable bonds is 18. The van der Waals surface area contributed by atoms with E-state index >= 15 is 0 Å². The first-order valence-corrected chi connectivity index (χ1v) is 20.9. The van der Waals surface area contributed by atoms with Crippen LogP contribution in [0.5, 0.6) is 28.7 Å². The standard InChI is InChI=1S/C49H48O20/c1-62-36-24-31(8-19-35(36)53)12-22-40(55)63-25-37-43(58)45(60)46(61)48(66-37)69-49(27-65-41(56)21-10-29-4-15-33(51)16-5-29)47(67-42(57)23-11-30-6-17-34(52)18-7-30)44(59)38(68-49)26-64-39(54)20-9-28-2-13-32(50)14-3-28/h2-24,37-38,43-48,50-53,58-61H,25-27H2,1H3/b20-9+,21-10+,22-12+,23-11+/t37-,38-,43-,44-,45+,46-,47+,48-,49-/m1/s1. The lowest BCUT2D eigenvalue weighted by molar-refractivity contribution is -0.383. The number of aliphatic hydroxyl groups is 4. The van der Waals surface area contributed by atoms with E-state index in [-0.39, 0.29) is 28.7 Å². The second kappa shape index (κ2) is 23.4. The molecule has 0 bridgehead atoms. The van der Waals surface area contributed by atoms with E-state index in [2.05, 4.69) is 0 Å². The molecule has 0 spiro atoms. The summed E-state index contributed by atoms with van der Waals surface area (Å²) in [5.74, 6) is -6.87. The lowest BCUT2D eigenvalue weighted by Crippen LogP contribution is -2.63. The third-order valence-corrected chi connectivity index (χ3v) is 10.4. The van der Waals surface area contributed by atoms with Crippen LogP contribution < -0.4 is 4.74 Å². The molecule has 2 saturated heterocycles. The number of ether oxygens (including phenoxy) is 8. The number of aromatic hydroxyl groups is 4. The predicted molar refractivity (Wildman–Crippen MR) is 239 cm³/mol. The molecule has 2 heterocycles. The number of hydrogen-bond donors (Lipinski definition) is 8. The molecule has 69 heavy (non-hydrogen) atoms. The Kier molecular flexibility index (Phi) is 17.3. The Bertz CT molecular complexity index is 2520. The fraction of sp³-hybridized carbons (Fsp3) is 0.265. The summed E-state index contributed by atoms with van der Waals surface area (Å²) in [5.41, 5.74) is 1.85. The molecule has 0 saturated carbocycles. The van der Waals surface area contributed by atoms with E-state index in [1.54, 1.807) is 0 Å². The maximum absolute atomic E-state index is 13.5. The van der Waals surface area contributed by atoms with Gasteiger partial charge in [-0.25, -0.2) is 19.2 Å². The zero-order valence-electron chi connectivity index (χ0n) is 36.5. The molecule has 9 atom stereocenters. The van der Waals surface area contributed by atoms with Gasteiger partial charge in [0.05, 0.1) is 7.11 Å². The van der Waals surface area contributed by atoms with Gasteiger partial charge >= 0.3 is 23.9 Å². The van der Waals surface area contributed by atoms with Crippen LogP contribution in [0.3, 0.4) is 0 Å². The van der Waals surface area contributed by atoms with Crippen molar-refractivity contribution < 1.29 is 97.9 Å². The second-order valence-electron chi connectivity index (χ2n) is 15.4. The number of phenols is 4. The summed E-state index contributed by atoms with van der Waals surface area (Å²) in [6.07, 6.45) is -6.19. The van der Waals surface area contributed by atoms with E-state index in [0.717, 1.165) is 24.3 Å². The maximum atomic E-state index is 13.5. The molecule has 0 aromatic heterocycles. The van der Waals surface area contributed by atoms with Gasteiger partial charge in [-0.2, -0.15) is 0 Å². The number of methoxy groups -OCH3 is 1. The Morgan fingerprint density at radius 1 is 0.551 bits per heavy atom. The van der Waals surface area contributed by atoms with Crippen molar-refractivity contribution in [2.75, 3.05) is 26.9 Å². The maximum Gasteiger partial charge on any atom is 0.331 e. The largest absolute Gasteiger partial charge is 0.508 e. The van der Waals surface area contributed by atoms with Gasteiger partial charge in [0, 0.05) is 24.3 Å². The molecular formula is C49H48O20. The summed E-state index contributed by atoms with van der Waals surface area (Å²) >= 11 is 0. The van der Waals surface area contributed by atoms with Crippen LogP contribution in [-0.4, -0.2) is 146 Å². The molecule has 0 amide bonds. The Morgan fingerprint density at radius 3 is 1.51 bits per heavy atom. The van der Waals surface area contributed by atoms with Gasteiger partial charge in [-0.1, -0.05) is 42.5 Å². The molecule has 2 aliphatic rings. The molecule has 0 radical (unpaired) electrons. The van der Waals surface area contributed by atoms with Gasteiger partial charge in [-0.15, -0.1) is 0 Å². The average molecular weight is 957 g/mol. The van der Waals surface area contributed by atoms with Gasteiger partial charge in [0.1, 0.15) is 73.7 Å². The zero-order chi connectivity index (χ0) is 49.7. The van der Waals surface area contributed by atoms with E-state index in [9.17, 15) is 60.0 Å². The first-order chi connectivity index (χ1) is 33.0. The summed E-state index contributed by atoms with van der Waals surface area (Å²) in [6, 6.07) is 21.5. The topological polar surface area (TPSA) is 304 Å². The predicted octanol–water partition coefficient (Wildman–Crippen LogP) is 2.49. The molecule has 4 aromatic rings. The number of carbonyl (C=O) groups is 4. The van der Waals surface area contributed by atoms with Crippen molar-refractivity contribution in [2.45, 2.75) is 54.8 Å². The summed E-state index contributed by atoms with van der Waals surface area (Å²) in [4.78, 5) is 52.4. The van der Waals surface area contributed by atoms with E-state index in [4.69, 9.17) is 37.9 Å². The molecule has 2 aliphatic heterocycles. The Labute approximate surface area is 393 Å². The normalized spacial score (nSPS) is 24.7. The first-order valence-electron chi connectivity index (χ1n) is 20.9. The molecule has 364 valence electrons. The van der Waals surface area contributed by atoms with Crippen molar-refractivity contribution in [3.8, 4) is 28.7 Å². The molecule has 6 rings (SSSR count). The van der Waals surface area contributed by atoms with Crippen LogP contribution in [-0.2, 0) is 52.3 Å². The van der Waals surface area contributed by atoms with Gasteiger partial charge in [0.15, 0.2) is 23.9 Å². The summed E-state index contributed by atoms with van der Waals surface area (Å²) < 4.78 is 45.0. The lowest BCUT2D eigenvalue weighted by Gasteiger charge is -2.43. The minimum absolute atomic E-state index is 0.00809. The SMILES string of the molecule is COc1cc(/C=C/C(=O)OC[C@H]2O[C@H](O[C@@]3(COC(=O)/C=C/c4ccc(O)cc4)O[C@H](COC(=O)/C=C/c4ccc(O)cc4)[C@@H](O)[C@@H]3OC(=O)/C=C/c3ccc(O)cc3)[C@H](O)[C@@H](O)[C@@H]2O)ccc1O. The first kappa shape index (κ1) is 50.8. The van der Waals surface area contributed by atoms with Gasteiger partial charge in [-0.3, -0.25) is 0 Å². The van der Waals surface area contributed by atoms with Gasteiger partial charge in [0.25, 0.3) is 0 Å². The highest BCUT2D eigenvalue weighted by molar-refractivity contribution is 5.89. The van der Waals surface area contributed by atoms with Gasteiger partial charge < -0.3 is 78.7 Å². The highest BCUT2D eigenvalue weighted by Gasteiger charge is 2.62. The van der Waals surface area contributed by atoms with Crippen LogP contribution in [0.15, 0.2) is 115 Å². The zero-order valence-corrected chi connectivity index (χ0v) is 36.5. The van der Waals surface area contributed by atoms with E-state index in [1.807, 2.05) is 0 Å². The molecule has 4 aromatic carbocycles. The Morgan fingerprint density at radius 2 is 1.00 bits per heavy atom. The number of aliphatic hydroxyl groups excluding tert-OH is 4. The van der Waals surface area contributed by atoms with E-state index < -0.39 is 98.5 Å². The third-order valence-electron chi connectivity index (χ3n) is 10.4. The van der Waals surface area contributed by atoms with Crippen LogP contribution in [0, 0.1) is 0 Å². The van der Waals surface area contributed by atoms with Crippen molar-refractivity contribution in [1.82, 2.24) is 0 Å². The quantitative estimate of drug-likeness (QED) is 0.0404. The number of esters is 4. The van der Waals surface area contributed by atoms with Crippen LogP contribution in [0.25, 0.3) is 24.3 Å². The van der Waals surface area contributed by atoms with Crippen LogP contribution in [0.4, 0.5) is 0 Å². The van der Waals surface area contributed by atoms with Crippen molar-refractivity contribution in [1.29, 1.82) is 0 Å². The molecule has 0 aliphatic carbocycles. The Balaban J connectivity index is 1.27. The highest BCUT2D eigenvalue weighted by Crippen LogP contribution is 2.39. The van der Waals surface area contributed by atoms with Crippen molar-refractivity contribution in [2.24, 2.45) is 0 Å². The smallest absolute Gasteiger partial charge is 0.331 e. The third kappa shape index (κ3) is 14.0. The minimum atomic E-state index is -2.69. The lowest BCUT2D eigenvalue weighted by atomic mass is 9.98. The van der Waals surface area contributed by atoms with Crippen LogP contribution >= 0.6 is 0 Å². The van der Waals surface area contributed by atoms with Gasteiger partial charge in [-0.05, 0) is 95.1 Å². The Hall–Kier alpha value is -7.56. The fourth-order valence-corrected chi connectivity index (χ4v) is 6.75. The van der Waals surface area contributed by atoms with Crippen LogP contribution in [0.1, 0.15) is 22.3 Å². The summed E-state index contributed by atoms with van der Waals surface area (Å²) in [7, 11) is 1.34. The minimum Gasteiger partial charge on any atom is -0.508 e. The number of phenolic OH excluding ortho intramolecular Hbond substituents is 4.